The average molecular weight is 527 g/mol. The first kappa shape index (κ1) is 24.1. The predicted octanol–water partition coefficient (Wildman–Crippen LogP) is 3.05. The minimum absolute atomic E-state index is 0. The second kappa shape index (κ2) is 11.2. The summed E-state index contributed by atoms with van der Waals surface area (Å²) in [6.07, 6.45) is -4.05. The lowest BCUT2D eigenvalue weighted by molar-refractivity contribution is -0.140. The molecule has 28 heavy (non-hydrogen) atoms. The summed E-state index contributed by atoms with van der Waals surface area (Å²) >= 11 is 0.987. The summed E-state index contributed by atoms with van der Waals surface area (Å²) in [6.45, 7) is 0.892. The van der Waals surface area contributed by atoms with Crippen LogP contribution in [0, 0.1) is 0 Å². The molecule has 0 atom stereocenters. The Morgan fingerprint density at radius 3 is 2.43 bits per heavy atom. The standard InChI is InChI=1S/C17H20F3N5OS.HI/c1-21-15(26)12-5-3-11(4-6-12)9-24-16(22-2)23-8-7-14-25-13(10-27-14)17(18,19)20;/h3-6,10H,7-9H2,1-2H3,(H,21,26)(H2,22,23,24);1H. The molecule has 11 heteroatoms. The normalized spacial score (nSPS) is 11.5. The topological polar surface area (TPSA) is 78.4 Å². The van der Waals surface area contributed by atoms with Gasteiger partial charge in [-0.15, -0.1) is 35.3 Å². The van der Waals surface area contributed by atoms with E-state index in [0.717, 1.165) is 22.3 Å². The molecule has 6 nitrogen and oxygen atoms in total. The Balaban J connectivity index is 0.00000392. The van der Waals surface area contributed by atoms with Crippen LogP contribution >= 0.6 is 35.3 Å². The van der Waals surface area contributed by atoms with Crippen LogP contribution < -0.4 is 16.0 Å². The molecule has 3 N–H and O–H groups in total. The van der Waals surface area contributed by atoms with Crippen LogP contribution in [0.5, 0.6) is 0 Å². The average Bonchev–Trinajstić information content (AvgIpc) is 3.13. The number of hydrogen-bond donors (Lipinski definition) is 3. The van der Waals surface area contributed by atoms with Gasteiger partial charge in [0, 0.05) is 44.5 Å². The van der Waals surface area contributed by atoms with Gasteiger partial charge in [-0.25, -0.2) is 4.98 Å². The molecule has 0 unspecified atom stereocenters. The molecule has 1 aromatic heterocycles. The van der Waals surface area contributed by atoms with E-state index in [4.69, 9.17) is 0 Å². The minimum atomic E-state index is -4.41. The fraction of sp³-hybridized carbons (Fsp3) is 0.353. The number of guanidine groups is 1. The zero-order valence-corrected chi connectivity index (χ0v) is 18.4. The van der Waals surface area contributed by atoms with E-state index in [1.807, 2.05) is 12.1 Å². The number of nitrogens with zero attached hydrogens (tertiary/aromatic N) is 2. The van der Waals surface area contributed by atoms with E-state index in [1.54, 1.807) is 26.2 Å². The van der Waals surface area contributed by atoms with Gasteiger partial charge in [-0.3, -0.25) is 9.79 Å². The fourth-order valence-electron chi connectivity index (χ4n) is 2.17. The van der Waals surface area contributed by atoms with Gasteiger partial charge in [-0.2, -0.15) is 13.2 Å². The van der Waals surface area contributed by atoms with Crippen LogP contribution in [0.25, 0.3) is 0 Å². The molecular weight excluding hydrogens is 506 g/mol. The molecule has 0 saturated carbocycles. The van der Waals surface area contributed by atoms with Crippen LogP contribution in [0.15, 0.2) is 34.6 Å². The summed E-state index contributed by atoms with van der Waals surface area (Å²) in [5.74, 6) is 0.376. The van der Waals surface area contributed by atoms with E-state index in [1.165, 1.54) is 0 Å². The number of nitrogens with one attached hydrogen (secondary N) is 3. The van der Waals surface area contributed by atoms with Crippen molar-refractivity contribution >= 4 is 47.2 Å². The molecule has 0 spiro atoms. The number of carbonyl (C=O) groups is 1. The Morgan fingerprint density at radius 2 is 1.89 bits per heavy atom. The van der Waals surface area contributed by atoms with Gasteiger partial charge < -0.3 is 16.0 Å². The molecule has 0 radical (unpaired) electrons. The number of aromatic nitrogens is 1. The summed E-state index contributed by atoms with van der Waals surface area (Å²) in [7, 11) is 3.18. The maximum Gasteiger partial charge on any atom is 0.434 e. The second-order valence-electron chi connectivity index (χ2n) is 5.50. The van der Waals surface area contributed by atoms with E-state index < -0.39 is 11.9 Å². The predicted molar refractivity (Wildman–Crippen MR) is 114 cm³/mol. The summed E-state index contributed by atoms with van der Waals surface area (Å²) in [5.41, 5.74) is 0.677. The quantitative estimate of drug-likeness (QED) is 0.307. The van der Waals surface area contributed by atoms with Gasteiger partial charge in [-0.1, -0.05) is 12.1 Å². The van der Waals surface area contributed by atoms with E-state index >= 15 is 0 Å². The number of rotatable bonds is 6. The molecule has 1 aromatic carbocycles. The number of carbonyl (C=O) groups excluding carboxylic acids is 1. The number of benzene rings is 1. The van der Waals surface area contributed by atoms with Crippen molar-refractivity contribution in [1.82, 2.24) is 20.9 Å². The Labute approximate surface area is 182 Å². The minimum Gasteiger partial charge on any atom is -0.356 e. The van der Waals surface area contributed by atoms with Gasteiger partial charge in [-0.05, 0) is 17.7 Å². The fourth-order valence-corrected chi connectivity index (χ4v) is 2.97. The third-order valence-corrected chi connectivity index (χ3v) is 4.51. The van der Waals surface area contributed by atoms with Crippen molar-refractivity contribution in [1.29, 1.82) is 0 Å². The largest absolute Gasteiger partial charge is 0.434 e. The van der Waals surface area contributed by atoms with Crippen molar-refractivity contribution in [2.45, 2.75) is 19.1 Å². The summed E-state index contributed by atoms with van der Waals surface area (Å²) in [6, 6.07) is 7.12. The molecule has 2 aromatic rings. The van der Waals surface area contributed by atoms with E-state index in [2.05, 4.69) is 25.9 Å². The smallest absolute Gasteiger partial charge is 0.356 e. The number of hydrogen-bond acceptors (Lipinski definition) is 4. The van der Waals surface area contributed by atoms with Crippen molar-refractivity contribution in [2.24, 2.45) is 4.99 Å². The van der Waals surface area contributed by atoms with Crippen LogP contribution in [0.1, 0.15) is 26.6 Å². The number of alkyl halides is 3. The summed E-state index contributed by atoms with van der Waals surface area (Å²) in [4.78, 5) is 19.2. The van der Waals surface area contributed by atoms with Crippen molar-refractivity contribution < 1.29 is 18.0 Å². The summed E-state index contributed by atoms with van der Waals surface area (Å²) < 4.78 is 37.6. The van der Waals surface area contributed by atoms with E-state index in [-0.39, 0.29) is 29.9 Å². The highest BCUT2D eigenvalue weighted by molar-refractivity contribution is 14.0. The van der Waals surface area contributed by atoms with Gasteiger partial charge in [0.15, 0.2) is 11.7 Å². The maximum atomic E-state index is 12.5. The molecule has 0 fully saturated rings. The molecule has 0 aliphatic carbocycles. The van der Waals surface area contributed by atoms with Gasteiger partial charge in [0.05, 0.1) is 5.01 Å². The first-order chi connectivity index (χ1) is 12.8. The van der Waals surface area contributed by atoms with Crippen molar-refractivity contribution in [3.05, 3.63) is 51.5 Å². The van der Waals surface area contributed by atoms with Crippen molar-refractivity contribution in [3.8, 4) is 0 Å². The Bertz CT molecular complexity index is 793. The zero-order valence-electron chi connectivity index (χ0n) is 15.3. The van der Waals surface area contributed by atoms with Gasteiger partial charge in [0.2, 0.25) is 0 Å². The Kier molecular flexibility index (Phi) is 9.65. The molecule has 1 heterocycles. The van der Waals surface area contributed by atoms with Gasteiger partial charge in [0.25, 0.3) is 5.91 Å². The monoisotopic (exact) mass is 527 g/mol. The molecule has 154 valence electrons. The molecular formula is C17H21F3IN5OS. The maximum absolute atomic E-state index is 12.5. The van der Waals surface area contributed by atoms with Crippen LogP contribution in [0.4, 0.5) is 13.2 Å². The van der Waals surface area contributed by atoms with Crippen molar-refractivity contribution in [3.63, 3.8) is 0 Å². The van der Waals surface area contributed by atoms with E-state index in [9.17, 15) is 18.0 Å². The van der Waals surface area contributed by atoms with Crippen LogP contribution in [0.3, 0.4) is 0 Å². The van der Waals surface area contributed by atoms with Crippen LogP contribution in [-0.2, 0) is 19.1 Å². The highest BCUT2D eigenvalue weighted by Crippen LogP contribution is 2.29. The molecule has 0 saturated heterocycles. The molecule has 0 bridgehead atoms. The SMILES string of the molecule is CN=C(NCCc1nc(C(F)(F)F)cs1)NCc1ccc(C(=O)NC)cc1.I. The van der Waals surface area contributed by atoms with E-state index in [0.29, 0.717) is 36.0 Å². The third-order valence-electron chi connectivity index (χ3n) is 3.60. The lowest BCUT2D eigenvalue weighted by Gasteiger charge is -2.11. The van der Waals surface area contributed by atoms with Gasteiger partial charge in [0.1, 0.15) is 0 Å². The van der Waals surface area contributed by atoms with Crippen LogP contribution in [-0.4, -0.2) is 37.5 Å². The van der Waals surface area contributed by atoms with Crippen LogP contribution in [0.2, 0.25) is 0 Å². The lowest BCUT2D eigenvalue weighted by atomic mass is 10.1. The highest BCUT2D eigenvalue weighted by Gasteiger charge is 2.33. The Hall–Kier alpha value is -1.89. The van der Waals surface area contributed by atoms with Crippen molar-refractivity contribution in [2.75, 3.05) is 20.6 Å². The number of thiazole rings is 1. The first-order valence-corrected chi connectivity index (χ1v) is 8.98. The molecule has 2 rings (SSSR count). The Morgan fingerprint density at radius 1 is 1.21 bits per heavy atom. The van der Waals surface area contributed by atoms with Gasteiger partial charge >= 0.3 is 6.18 Å². The number of halogens is 4. The third kappa shape index (κ3) is 7.26. The lowest BCUT2D eigenvalue weighted by Crippen LogP contribution is -2.37. The molecule has 0 aliphatic rings. The molecule has 0 aliphatic heterocycles. The second-order valence-corrected chi connectivity index (χ2v) is 6.45. The number of amides is 1. The zero-order chi connectivity index (χ0) is 19.9. The number of aliphatic imine (C=N–C) groups is 1. The first-order valence-electron chi connectivity index (χ1n) is 8.10. The summed E-state index contributed by atoms with van der Waals surface area (Å²) in [5, 5.41) is 10.1. The highest BCUT2D eigenvalue weighted by atomic mass is 127. The molecule has 1 amide bonds.